The molecule has 0 atom stereocenters. The van der Waals surface area contributed by atoms with Crippen molar-refractivity contribution < 1.29 is 23.9 Å². The van der Waals surface area contributed by atoms with Gasteiger partial charge in [0.1, 0.15) is 18.7 Å². The van der Waals surface area contributed by atoms with Gasteiger partial charge in [0, 0.05) is 12.1 Å². The number of esters is 2. The van der Waals surface area contributed by atoms with Crippen molar-refractivity contribution in [2.24, 2.45) is 5.92 Å². The van der Waals surface area contributed by atoms with Crippen LogP contribution in [0.15, 0.2) is 12.4 Å². The SMILES string of the molecule is CCOC(=O)CC(=O)C1CCC(c2cnn(CC(=O)OCC)c2)CC1. The van der Waals surface area contributed by atoms with Crippen LogP contribution in [0.25, 0.3) is 0 Å². The average molecular weight is 350 g/mol. The number of rotatable bonds is 8. The Balaban J connectivity index is 1.82. The van der Waals surface area contributed by atoms with Crippen molar-refractivity contribution in [2.45, 2.75) is 58.4 Å². The molecule has 0 aliphatic heterocycles. The Morgan fingerprint density at radius 3 is 2.36 bits per heavy atom. The van der Waals surface area contributed by atoms with Gasteiger partial charge in [0.05, 0.1) is 19.4 Å². The molecule has 7 nitrogen and oxygen atoms in total. The third-order valence-electron chi connectivity index (χ3n) is 4.53. The van der Waals surface area contributed by atoms with Gasteiger partial charge in [-0.3, -0.25) is 19.1 Å². The molecule has 0 amide bonds. The second kappa shape index (κ2) is 9.34. The first-order valence-corrected chi connectivity index (χ1v) is 8.89. The van der Waals surface area contributed by atoms with Crippen molar-refractivity contribution in [3.63, 3.8) is 0 Å². The lowest BCUT2D eigenvalue weighted by Crippen LogP contribution is -2.24. The van der Waals surface area contributed by atoms with Crippen molar-refractivity contribution in [1.29, 1.82) is 0 Å². The molecule has 0 bridgehead atoms. The minimum atomic E-state index is -0.435. The highest BCUT2D eigenvalue weighted by Crippen LogP contribution is 2.36. The molecule has 1 aliphatic rings. The van der Waals surface area contributed by atoms with Crippen LogP contribution < -0.4 is 0 Å². The molecule has 0 N–H and O–H groups in total. The van der Waals surface area contributed by atoms with Crippen LogP contribution in [0.2, 0.25) is 0 Å². The highest BCUT2D eigenvalue weighted by Gasteiger charge is 2.29. The molecule has 25 heavy (non-hydrogen) atoms. The van der Waals surface area contributed by atoms with E-state index in [4.69, 9.17) is 9.47 Å². The Morgan fingerprint density at radius 2 is 1.72 bits per heavy atom. The summed E-state index contributed by atoms with van der Waals surface area (Å²) in [6, 6.07) is 0. The molecule has 7 heteroatoms. The van der Waals surface area contributed by atoms with Crippen molar-refractivity contribution in [2.75, 3.05) is 13.2 Å². The fourth-order valence-corrected chi connectivity index (χ4v) is 3.26. The molecule has 0 spiro atoms. The molecule has 138 valence electrons. The predicted molar refractivity (Wildman–Crippen MR) is 89.8 cm³/mol. The van der Waals surface area contributed by atoms with Crippen molar-refractivity contribution in [3.8, 4) is 0 Å². The summed E-state index contributed by atoms with van der Waals surface area (Å²) in [6.45, 7) is 4.27. The van der Waals surface area contributed by atoms with Gasteiger partial charge in [-0.05, 0) is 51.0 Å². The summed E-state index contributed by atoms with van der Waals surface area (Å²) in [5, 5.41) is 4.22. The largest absolute Gasteiger partial charge is 0.466 e. The molecule has 1 heterocycles. The van der Waals surface area contributed by atoms with Crippen LogP contribution in [-0.2, 0) is 30.4 Å². The third kappa shape index (κ3) is 5.69. The summed E-state index contributed by atoms with van der Waals surface area (Å²) in [5.74, 6) is -0.479. The van der Waals surface area contributed by atoms with Gasteiger partial charge >= 0.3 is 11.9 Å². The van der Waals surface area contributed by atoms with Crippen LogP contribution in [0.5, 0.6) is 0 Å². The Bertz CT molecular complexity index is 602. The summed E-state index contributed by atoms with van der Waals surface area (Å²) in [4.78, 5) is 35.1. The van der Waals surface area contributed by atoms with Crippen molar-refractivity contribution >= 4 is 17.7 Å². The first-order valence-electron chi connectivity index (χ1n) is 8.89. The molecule has 1 aromatic heterocycles. The number of Topliss-reactive ketones (excluding diaryl/α,β-unsaturated/α-hetero) is 1. The van der Waals surface area contributed by atoms with Gasteiger partial charge in [-0.25, -0.2) is 0 Å². The van der Waals surface area contributed by atoms with Crippen LogP contribution in [-0.4, -0.2) is 40.7 Å². The summed E-state index contributed by atoms with van der Waals surface area (Å²) in [7, 11) is 0. The number of ether oxygens (including phenoxy) is 2. The Morgan fingerprint density at radius 1 is 1.08 bits per heavy atom. The first-order chi connectivity index (χ1) is 12.0. The average Bonchev–Trinajstić information content (AvgIpc) is 3.03. The lowest BCUT2D eigenvalue weighted by atomic mass is 9.77. The van der Waals surface area contributed by atoms with Gasteiger partial charge in [0.25, 0.3) is 0 Å². The van der Waals surface area contributed by atoms with E-state index in [0.717, 1.165) is 31.2 Å². The smallest absolute Gasteiger partial charge is 0.327 e. The molecular formula is C18H26N2O5. The number of nitrogens with zero attached hydrogens (tertiary/aromatic N) is 2. The lowest BCUT2D eigenvalue weighted by molar-refractivity contribution is -0.147. The van der Waals surface area contributed by atoms with E-state index >= 15 is 0 Å². The molecule has 0 radical (unpaired) electrons. The van der Waals surface area contributed by atoms with Gasteiger partial charge in [-0.2, -0.15) is 5.10 Å². The highest BCUT2D eigenvalue weighted by molar-refractivity contribution is 5.96. The monoisotopic (exact) mass is 350 g/mol. The zero-order valence-corrected chi connectivity index (χ0v) is 14.9. The number of carbonyl (C=O) groups excluding carboxylic acids is 3. The Hall–Kier alpha value is -2.18. The van der Waals surface area contributed by atoms with E-state index in [2.05, 4.69) is 5.10 Å². The van der Waals surface area contributed by atoms with Crippen LogP contribution in [0.3, 0.4) is 0 Å². The van der Waals surface area contributed by atoms with Crippen molar-refractivity contribution in [3.05, 3.63) is 18.0 Å². The fraction of sp³-hybridized carbons (Fsp3) is 0.667. The Kier molecular flexibility index (Phi) is 7.16. The topological polar surface area (TPSA) is 87.5 Å². The van der Waals surface area contributed by atoms with Crippen LogP contribution in [0, 0.1) is 5.92 Å². The first kappa shape index (κ1) is 19.1. The quantitative estimate of drug-likeness (QED) is 0.528. The van der Waals surface area contributed by atoms with E-state index in [1.54, 1.807) is 24.7 Å². The van der Waals surface area contributed by atoms with Crippen LogP contribution in [0.1, 0.15) is 57.4 Å². The summed E-state index contributed by atoms with van der Waals surface area (Å²) in [6.07, 6.45) is 6.83. The van der Waals surface area contributed by atoms with E-state index < -0.39 is 5.97 Å². The zero-order chi connectivity index (χ0) is 18.2. The molecule has 1 aromatic rings. The Labute approximate surface area is 147 Å². The molecule has 0 aromatic carbocycles. The van der Waals surface area contributed by atoms with E-state index in [1.807, 2.05) is 6.20 Å². The van der Waals surface area contributed by atoms with Crippen molar-refractivity contribution in [1.82, 2.24) is 9.78 Å². The molecule has 1 saturated carbocycles. The molecule has 0 saturated heterocycles. The van der Waals surface area contributed by atoms with E-state index in [1.165, 1.54) is 0 Å². The van der Waals surface area contributed by atoms with Crippen LogP contribution in [0.4, 0.5) is 0 Å². The summed E-state index contributed by atoms with van der Waals surface area (Å²) < 4.78 is 11.3. The molecule has 1 fully saturated rings. The summed E-state index contributed by atoms with van der Waals surface area (Å²) >= 11 is 0. The maximum absolute atomic E-state index is 12.1. The van der Waals surface area contributed by atoms with Gasteiger partial charge in [0.2, 0.25) is 0 Å². The minimum Gasteiger partial charge on any atom is -0.466 e. The zero-order valence-electron chi connectivity index (χ0n) is 14.9. The van der Waals surface area contributed by atoms with Gasteiger partial charge in [0.15, 0.2) is 0 Å². The van der Waals surface area contributed by atoms with E-state index in [-0.39, 0.29) is 30.6 Å². The highest BCUT2D eigenvalue weighted by atomic mass is 16.5. The second-order valence-corrected chi connectivity index (χ2v) is 6.27. The third-order valence-corrected chi connectivity index (χ3v) is 4.53. The van der Waals surface area contributed by atoms with Gasteiger partial charge < -0.3 is 9.47 Å². The minimum absolute atomic E-state index is 0.0186. The standard InChI is InChI=1S/C18H26N2O5/c1-3-24-17(22)9-16(21)14-7-5-13(6-8-14)15-10-19-20(11-15)12-18(23)25-4-2/h10-11,13-14H,3-9,12H2,1-2H3. The second-order valence-electron chi connectivity index (χ2n) is 6.27. The molecular weight excluding hydrogens is 324 g/mol. The number of ketones is 1. The number of carbonyl (C=O) groups is 3. The van der Waals surface area contributed by atoms with Gasteiger partial charge in [-0.15, -0.1) is 0 Å². The van der Waals surface area contributed by atoms with Gasteiger partial charge in [-0.1, -0.05) is 0 Å². The lowest BCUT2D eigenvalue weighted by Gasteiger charge is -2.26. The van der Waals surface area contributed by atoms with Crippen LogP contribution >= 0.6 is 0 Å². The summed E-state index contributed by atoms with van der Waals surface area (Å²) in [5.41, 5.74) is 1.08. The fourth-order valence-electron chi connectivity index (χ4n) is 3.26. The number of hydrogen-bond acceptors (Lipinski definition) is 6. The number of aromatic nitrogens is 2. The van der Waals surface area contributed by atoms with E-state index in [0.29, 0.717) is 19.1 Å². The maximum Gasteiger partial charge on any atom is 0.327 e. The predicted octanol–water partition coefficient (Wildman–Crippen LogP) is 2.24. The molecule has 1 aliphatic carbocycles. The number of hydrogen-bond donors (Lipinski definition) is 0. The van der Waals surface area contributed by atoms with E-state index in [9.17, 15) is 14.4 Å². The normalized spacial score (nSPS) is 20.1. The molecule has 2 rings (SSSR count). The molecule has 0 unspecified atom stereocenters. The maximum atomic E-state index is 12.1.